The maximum absolute atomic E-state index is 11.0. The molecule has 28 heavy (non-hydrogen) atoms. The van der Waals surface area contributed by atoms with Crippen molar-refractivity contribution in [2.45, 2.75) is 91.3 Å². The Balaban J connectivity index is 1.26. The number of rotatable bonds is 5. The molecule has 6 atom stereocenters. The minimum absolute atomic E-state index is 0.255. The highest BCUT2D eigenvalue weighted by Crippen LogP contribution is 2.62. The van der Waals surface area contributed by atoms with E-state index in [0.29, 0.717) is 23.7 Å². The van der Waals surface area contributed by atoms with Gasteiger partial charge in [0.1, 0.15) is 11.2 Å². The third kappa shape index (κ3) is 2.85. The SMILES string of the molecule is CC1(C)[C@@H]2CC(=NCCCCN=C3C[C@@H]4C[C@@H](C4(C)C)[C@]3(C)O)[C@@](C)(O)[C@H]1C2. The molecule has 6 rings (SSSR count). The number of fused-ring (bicyclic) bond motifs is 4. The standard InChI is InChI=1S/C24H40N2O2/c1-21(2)15-11-17(21)23(5,27)19(13-15)25-9-7-8-10-26-20-14-16-12-18(22(16,3)4)24(20,6)28/h15-18,27-28H,7-14H2,1-6H3/t15-,16-,17-,18-,23-,24-/m0/s1. The van der Waals surface area contributed by atoms with Crippen LogP contribution in [0.5, 0.6) is 0 Å². The second-order valence-electron chi connectivity index (χ2n) is 11.7. The van der Waals surface area contributed by atoms with E-state index in [-0.39, 0.29) is 10.8 Å². The van der Waals surface area contributed by atoms with Crippen LogP contribution in [0, 0.1) is 34.5 Å². The number of aliphatic hydroxyl groups is 2. The zero-order valence-corrected chi connectivity index (χ0v) is 18.8. The molecule has 4 heteroatoms. The average molecular weight is 389 g/mol. The monoisotopic (exact) mass is 388 g/mol. The number of unbranched alkanes of at least 4 members (excludes halogenated alkanes) is 1. The predicted molar refractivity (Wildman–Crippen MR) is 115 cm³/mol. The summed E-state index contributed by atoms with van der Waals surface area (Å²) >= 11 is 0. The van der Waals surface area contributed by atoms with Crippen molar-refractivity contribution in [3.63, 3.8) is 0 Å². The van der Waals surface area contributed by atoms with Gasteiger partial charge in [0.05, 0.1) is 0 Å². The van der Waals surface area contributed by atoms with Crippen LogP contribution >= 0.6 is 0 Å². The van der Waals surface area contributed by atoms with E-state index in [1.54, 1.807) is 0 Å². The van der Waals surface area contributed by atoms with Crippen LogP contribution in [-0.2, 0) is 0 Å². The molecule has 0 aliphatic heterocycles. The van der Waals surface area contributed by atoms with Crippen molar-refractivity contribution < 1.29 is 10.2 Å². The molecule has 0 saturated heterocycles. The third-order valence-corrected chi connectivity index (χ3v) is 9.52. The Hall–Kier alpha value is -0.740. The fourth-order valence-electron chi connectivity index (χ4n) is 7.02. The molecule has 0 radical (unpaired) electrons. The molecule has 6 aliphatic carbocycles. The minimum atomic E-state index is -0.729. The smallest absolute Gasteiger partial charge is 0.103 e. The van der Waals surface area contributed by atoms with E-state index in [4.69, 9.17) is 9.98 Å². The molecular weight excluding hydrogens is 348 g/mol. The van der Waals surface area contributed by atoms with Gasteiger partial charge < -0.3 is 10.2 Å². The highest BCUT2D eigenvalue weighted by atomic mass is 16.3. The van der Waals surface area contributed by atoms with Crippen molar-refractivity contribution in [1.29, 1.82) is 0 Å². The lowest BCUT2D eigenvalue weighted by Gasteiger charge is -2.62. The van der Waals surface area contributed by atoms with Gasteiger partial charge >= 0.3 is 0 Å². The first kappa shape index (κ1) is 20.5. The molecule has 0 heterocycles. The zero-order chi connectivity index (χ0) is 20.5. The average Bonchev–Trinajstić information content (AvgIpc) is 2.58. The highest BCUT2D eigenvalue weighted by molar-refractivity contribution is 5.95. The van der Waals surface area contributed by atoms with Gasteiger partial charge in [-0.15, -0.1) is 0 Å². The Bertz CT molecular complexity index is 641. The van der Waals surface area contributed by atoms with Crippen molar-refractivity contribution in [2.24, 2.45) is 44.5 Å². The molecule has 4 nitrogen and oxygen atoms in total. The molecule has 2 N–H and O–H groups in total. The van der Waals surface area contributed by atoms with Gasteiger partial charge in [0.25, 0.3) is 0 Å². The Labute approximate surface area is 170 Å². The maximum Gasteiger partial charge on any atom is 0.103 e. The molecule has 0 spiro atoms. The van der Waals surface area contributed by atoms with Crippen LogP contribution in [0.3, 0.4) is 0 Å². The van der Waals surface area contributed by atoms with Crippen LogP contribution < -0.4 is 0 Å². The van der Waals surface area contributed by atoms with E-state index in [2.05, 4.69) is 27.7 Å². The first-order valence-corrected chi connectivity index (χ1v) is 11.4. The summed E-state index contributed by atoms with van der Waals surface area (Å²) in [5.41, 5.74) is 1.10. The number of hydrogen-bond donors (Lipinski definition) is 2. The van der Waals surface area contributed by atoms with Crippen LogP contribution in [0.1, 0.15) is 80.1 Å². The van der Waals surface area contributed by atoms with Gasteiger partial charge in [0.15, 0.2) is 0 Å². The summed E-state index contributed by atoms with van der Waals surface area (Å²) in [6, 6.07) is 0. The second-order valence-corrected chi connectivity index (χ2v) is 11.7. The summed E-state index contributed by atoms with van der Waals surface area (Å²) in [4.78, 5) is 9.60. The Kier molecular flexibility index (Phi) is 4.68. The van der Waals surface area contributed by atoms with Crippen LogP contribution in [0.4, 0.5) is 0 Å². The van der Waals surface area contributed by atoms with Crippen LogP contribution in [0.25, 0.3) is 0 Å². The van der Waals surface area contributed by atoms with Crippen molar-refractivity contribution in [2.75, 3.05) is 13.1 Å². The quantitative estimate of drug-likeness (QED) is 0.690. The Morgan fingerprint density at radius 3 is 1.36 bits per heavy atom. The predicted octanol–water partition coefficient (Wildman–Crippen LogP) is 4.28. The zero-order valence-electron chi connectivity index (χ0n) is 18.8. The normalized spacial score (nSPS) is 48.3. The van der Waals surface area contributed by atoms with E-state index < -0.39 is 11.2 Å². The van der Waals surface area contributed by atoms with Crippen molar-refractivity contribution in [3.8, 4) is 0 Å². The lowest BCUT2D eigenvalue weighted by atomic mass is 9.44. The van der Waals surface area contributed by atoms with E-state index in [9.17, 15) is 10.2 Å². The summed E-state index contributed by atoms with van der Waals surface area (Å²) in [6.07, 6.45) is 6.20. The van der Waals surface area contributed by atoms with Gasteiger partial charge in [0, 0.05) is 24.5 Å². The molecule has 158 valence electrons. The lowest BCUT2D eigenvalue weighted by molar-refractivity contribution is -0.134. The van der Waals surface area contributed by atoms with Gasteiger partial charge in [0.2, 0.25) is 0 Å². The van der Waals surface area contributed by atoms with Crippen LogP contribution in [-0.4, -0.2) is 45.9 Å². The van der Waals surface area contributed by atoms with Crippen molar-refractivity contribution in [1.82, 2.24) is 0 Å². The van der Waals surface area contributed by atoms with Gasteiger partial charge in [-0.1, -0.05) is 27.7 Å². The molecule has 0 aromatic carbocycles. The van der Waals surface area contributed by atoms with Crippen molar-refractivity contribution >= 4 is 11.4 Å². The molecule has 4 bridgehead atoms. The highest BCUT2D eigenvalue weighted by Gasteiger charge is 2.62. The molecule has 0 unspecified atom stereocenters. The molecule has 0 aromatic heterocycles. The fraction of sp³-hybridized carbons (Fsp3) is 0.917. The number of nitrogens with zero attached hydrogens (tertiary/aromatic N) is 2. The van der Waals surface area contributed by atoms with E-state index in [0.717, 1.165) is 63.0 Å². The fourth-order valence-corrected chi connectivity index (χ4v) is 7.02. The minimum Gasteiger partial charge on any atom is -0.384 e. The van der Waals surface area contributed by atoms with Gasteiger partial charge in [-0.3, -0.25) is 9.98 Å². The van der Waals surface area contributed by atoms with Crippen molar-refractivity contribution in [3.05, 3.63) is 0 Å². The molecule has 6 aliphatic rings. The lowest BCUT2D eigenvalue weighted by Crippen LogP contribution is -2.64. The summed E-state index contributed by atoms with van der Waals surface area (Å²) < 4.78 is 0. The summed E-state index contributed by atoms with van der Waals surface area (Å²) in [7, 11) is 0. The van der Waals surface area contributed by atoms with Crippen LogP contribution in [0.15, 0.2) is 9.98 Å². The van der Waals surface area contributed by atoms with Crippen LogP contribution in [0.2, 0.25) is 0 Å². The molecule has 6 fully saturated rings. The second kappa shape index (κ2) is 6.38. The van der Waals surface area contributed by atoms with Gasteiger partial charge in [-0.05, 0) is 86.9 Å². The van der Waals surface area contributed by atoms with Gasteiger partial charge in [-0.25, -0.2) is 0 Å². The molecule has 6 saturated carbocycles. The topological polar surface area (TPSA) is 65.2 Å². The van der Waals surface area contributed by atoms with E-state index in [1.807, 2.05) is 13.8 Å². The Morgan fingerprint density at radius 2 is 1.07 bits per heavy atom. The maximum atomic E-state index is 11.0. The Morgan fingerprint density at radius 1 is 0.714 bits per heavy atom. The largest absolute Gasteiger partial charge is 0.384 e. The first-order valence-electron chi connectivity index (χ1n) is 11.4. The molecule has 0 amide bonds. The van der Waals surface area contributed by atoms with E-state index >= 15 is 0 Å². The third-order valence-electron chi connectivity index (χ3n) is 9.52. The van der Waals surface area contributed by atoms with Gasteiger partial charge in [-0.2, -0.15) is 0 Å². The first-order chi connectivity index (χ1) is 12.9. The summed E-state index contributed by atoms with van der Waals surface area (Å²) in [5.74, 6) is 2.08. The molecular formula is C24H40N2O2. The summed E-state index contributed by atoms with van der Waals surface area (Å²) in [6.45, 7) is 14.7. The van der Waals surface area contributed by atoms with E-state index in [1.165, 1.54) is 0 Å². The molecule has 0 aromatic rings. The summed E-state index contributed by atoms with van der Waals surface area (Å²) in [5, 5.41) is 22.0. The number of aliphatic imine (C=N–C) groups is 2. The number of hydrogen-bond acceptors (Lipinski definition) is 4.